The van der Waals surface area contributed by atoms with Crippen LogP contribution in [0.2, 0.25) is 0 Å². The van der Waals surface area contributed by atoms with Gasteiger partial charge in [-0.25, -0.2) is 4.98 Å². The van der Waals surface area contributed by atoms with E-state index in [1.54, 1.807) is 0 Å². The minimum absolute atomic E-state index is 0.377. The van der Waals surface area contributed by atoms with E-state index in [1.807, 2.05) is 6.20 Å². The molecular formula is C16H27N3. The van der Waals surface area contributed by atoms with E-state index in [2.05, 4.69) is 55.0 Å². The normalized spacial score (nSPS) is 16.7. The average Bonchev–Trinajstić information content (AvgIpc) is 3.20. The molecule has 0 aliphatic heterocycles. The van der Waals surface area contributed by atoms with E-state index >= 15 is 0 Å². The van der Waals surface area contributed by atoms with E-state index in [0.717, 1.165) is 24.8 Å². The van der Waals surface area contributed by atoms with Gasteiger partial charge in [-0.3, -0.25) is 0 Å². The molecule has 19 heavy (non-hydrogen) atoms. The third-order valence-electron chi connectivity index (χ3n) is 3.85. The van der Waals surface area contributed by atoms with Gasteiger partial charge < -0.3 is 10.2 Å². The number of aromatic nitrogens is 1. The molecule has 1 heterocycles. The fourth-order valence-electron chi connectivity index (χ4n) is 2.40. The lowest BCUT2D eigenvalue weighted by atomic mass is 10.1. The van der Waals surface area contributed by atoms with Gasteiger partial charge in [0.15, 0.2) is 0 Å². The van der Waals surface area contributed by atoms with E-state index in [-0.39, 0.29) is 0 Å². The maximum atomic E-state index is 4.67. The van der Waals surface area contributed by atoms with Crippen LogP contribution in [0.5, 0.6) is 0 Å². The summed E-state index contributed by atoms with van der Waals surface area (Å²) in [4.78, 5) is 7.10. The first-order valence-corrected chi connectivity index (χ1v) is 7.57. The van der Waals surface area contributed by atoms with Crippen molar-refractivity contribution < 1.29 is 0 Å². The summed E-state index contributed by atoms with van der Waals surface area (Å²) in [6.07, 6.45) is 4.79. The Kier molecular flexibility index (Phi) is 4.81. The summed E-state index contributed by atoms with van der Waals surface area (Å²) < 4.78 is 0. The van der Waals surface area contributed by atoms with Crippen LogP contribution >= 0.6 is 0 Å². The van der Waals surface area contributed by atoms with Crippen LogP contribution < -0.4 is 10.2 Å². The predicted molar refractivity (Wildman–Crippen MR) is 81.5 cm³/mol. The Labute approximate surface area is 117 Å². The number of hydrogen-bond donors (Lipinski definition) is 1. The third-order valence-corrected chi connectivity index (χ3v) is 3.85. The first-order chi connectivity index (χ1) is 9.11. The van der Waals surface area contributed by atoms with Gasteiger partial charge in [-0.1, -0.05) is 13.0 Å². The van der Waals surface area contributed by atoms with E-state index in [1.165, 1.54) is 18.4 Å². The number of anilines is 1. The van der Waals surface area contributed by atoms with Crippen molar-refractivity contribution in [3.8, 4) is 0 Å². The highest BCUT2D eigenvalue weighted by Gasteiger charge is 2.26. The minimum atomic E-state index is 0.377. The number of hydrogen-bond acceptors (Lipinski definition) is 3. The van der Waals surface area contributed by atoms with Crippen molar-refractivity contribution in [2.75, 3.05) is 18.0 Å². The van der Waals surface area contributed by atoms with Crippen LogP contribution in [-0.4, -0.2) is 24.1 Å². The quantitative estimate of drug-likeness (QED) is 0.815. The van der Waals surface area contributed by atoms with Gasteiger partial charge in [0.05, 0.1) is 0 Å². The molecule has 1 saturated carbocycles. The SMILES string of the molecule is CCNC(C)c1ccc(N(CC2CC2)C(C)C)nc1. The van der Waals surface area contributed by atoms with Crippen LogP contribution in [-0.2, 0) is 0 Å². The van der Waals surface area contributed by atoms with Crippen LogP contribution in [0.15, 0.2) is 18.3 Å². The van der Waals surface area contributed by atoms with Crippen LogP contribution in [0.25, 0.3) is 0 Å². The molecule has 0 aromatic carbocycles. The lowest BCUT2D eigenvalue weighted by Gasteiger charge is -2.28. The Morgan fingerprint density at radius 3 is 2.53 bits per heavy atom. The van der Waals surface area contributed by atoms with Crippen molar-refractivity contribution in [1.82, 2.24) is 10.3 Å². The molecule has 1 N–H and O–H groups in total. The van der Waals surface area contributed by atoms with Crippen molar-refractivity contribution in [2.45, 2.75) is 52.6 Å². The maximum absolute atomic E-state index is 4.67. The number of rotatable bonds is 7. The van der Waals surface area contributed by atoms with Crippen molar-refractivity contribution in [3.05, 3.63) is 23.9 Å². The summed E-state index contributed by atoms with van der Waals surface area (Å²) in [6.45, 7) is 11.0. The molecule has 0 spiro atoms. The number of pyridine rings is 1. The van der Waals surface area contributed by atoms with E-state index in [4.69, 9.17) is 0 Å². The first kappa shape index (κ1) is 14.3. The zero-order valence-corrected chi connectivity index (χ0v) is 12.7. The van der Waals surface area contributed by atoms with E-state index in [0.29, 0.717) is 12.1 Å². The van der Waals surface area contributed by atoms with E-state index < -0.39 is 0 Å². The minimum Gasteiger partial charge on any atom is -0.354 e. The van der Waals surface area contributed by atoms with Crippen LogP contribution in [0.3, 0.4) is 0 Å². The van der Waals surface area contributed by atoms with Gasteiger partial charge in [0.1, 0.15) is 5.82 Å². The Morgan fingerprint density at radius 2 is 2.05 bits per heavy atom. The standard InChI is InChI=1S/C16H27N3/c1-5-17-13(4)15-8-9-16(18-10-15)19(12(2)3)11-14-6-7-14/h8-10,12-14,17H,5-7,11H2,1-4H3. The summed E-state index contributed by atoms with van der Waals surface area (Å²) in [5.74, 6) is 2.01. The Bertz CT molecular complexity index is 381. The van der Waals surface area contributed by atoms with Crippen molar-refractivity contribution >= 4 is 5.82 Å². The molecule has 1 aliphatic carbocycles. The van der Waals surface area contributed by atoms with Gasteiger partial charge in [-0.2, -0.15) is 0 Å². The van der Waals surface area contributed by atoms with Gasteiger partial charge in [-0.05, 0) is 57.7 Å². The number of nitrogens with zero attached hydrogens (tertiary/aromatic N) is 2. The Balaban J connectivity index is 2.06. The average molecular weight is 261 g/mol. The van der Waals surface area contributed by atoms with Crippen LogP contribution in [0.4, 0.5) is 5.82 Å². The molecule has 1 fully saturated rings. The molecule has 0 amide bonds. The predicted octanol–water partition coefficient (Wildman–Crippen LogP) is 3.38. The highest BCUT2D eigenvalue weighted by atomic mass is 15.2. The maximum Gasteiger partial charge on any atom is 0.128 e. The van der Waals surface area contributed by atoms with Crippen LogP contribution in [0, 0.1) is 5.92 Å². The fourth-order valence-corrected chi connectivity index (χ4v) is 2.40. The molecule has 1 unspecified atom stereocenters. The van der Waals surface area contributed by atoms with Crippen LogP contribution in [0.1, 0.15) is 52.1 Å². The zero-order valence-electron chi connectivity index (χ0n) is 12.7. The zero-order chi connectivity index (χ0) is 13.8. The summed E-state index contributed by atoms with van der Waals surface area (Å²) in [5.41, 5.74) is 1.26. The molecule has 1 aliphatic rings. The third kappa shape index (κ3) is 3.93. The van der Waals surface area contributed by atoms with Gasteiger partial charge in [0, 0.05) is 24.8 Å². The summed E-state index contributed by atoms with van der Waals surface area (Å²) in [5, 5.41) is 3.42. The fraction of sp³-hybridized carbons (Fsp3) is 0.688. The van der Waals surface area contributed by atoms with Gasteiger partial charge >= 0.3 is 0 Å². The Hall–Kier alpha value is -1.09. The molecular weight excluding hydrogens is 234 g/mol. The highest BCUT2D eigenvalue weighted by Crippen LogP contribution is 2.31. The molecule has 106 valence electrons. The molecule has 1 aromatic rings. The molecule has 0 radical (unpaired) electrons. The second-order valence-electron chi connectivity index (χ2n) is 5.92. The van der Waals surface area contributed by atoms with Gasteiger partial charge in [0.25, 0.3) is 0 Å². The lowest BCUT2D eigenvalue weighted by molar-refractivity contribution is 0.594. The molecule has 0 saturated heterocycles. The molecule has 0 bridgehead atoms. The van der Waals surface area contributed by atoms with E-state index in [9.17, 15) is 0 Å². The monoisotopic (exact) mass is 261 g/mol. The van der Waals surface area contributed by atoms with Gasteiger partial charge in [0.2, 0.25) is 0 Å². The molecule has 3 nitrogen and oxygen atoms in total. The summed E-state index contributed by atoms with van der Waals surface area (Å²) in [7, 11) is 0. The molecule has 3 heteroatoms. The summed E-state index contributed by atoms with van der Waals surface area (Å²) >= 11 is 0. The lowest BCUT2D eigenvalue weighted by Crippen LogP contribution is -2.33. The highest BCUT2D eigenvalue weighted by molar-refractivity contribution is 5.41. The second kappa shape index (κ2) is 6.38. The first-order valence-electron chi connectivity index (χ1n) is 7.57. The van der Waals surface area contributed by atoms with Crippen molar-refractivity contribution in [2.24, 2.45) is 5.92 Å². The topological polar surface area (TPSA) is 28.2 Å². The molecule has 1 aromatic heterocycles. The largest absolute Gasteiger partial charge is 0.354 e. The Morgan fingerprint density at radius 1 is 1.32 bits per heavy atom. The van der Waals surface area contributed by atoms with Gasteiger partial charge in [-0.15, -0.1) is 0 Å². The van der Waals surface area contributed by atoms with Crippen molar-refractivity contribution in [3.63, 3.8) is 0 Å². The molecule has 1 atom stereocenters. The summed E-state index contributed by atoms with van der Waals surface area (Å²) in [6, 6.07) is 5.27. The number of nitrogens with one attached hydrogen (secondary N) is 1. The second-order valence-corrected chi connectivity index (χ2v) is 5.92. The molecule has 2 rings (SSSR count). The smallest absolute Gasteiger partial charge is 0.128 e. The van der Waals surface area contributed by atoms with Crippen molar-refractivity contribution in [1.29, 1.82) is 0 Å².